The lowest BCUT2D eigenvalue weighted by Gasteiger charge is -2.11. The number of furan rings is 1. The van der Waals surface area contributed by atoms with Gasteiger partial charge < -0.3 is 9.73 Å². The van der Waals surface area contributed by atoms with Crippen LogP contribution in [-0.2, 0) is 7.05 Å². The molecule has 2 aromatic heterocycles. The third kappa shape index (κ3) is 1.98. The number of nitrogens with one attached hydrogen (secondary N) is 1. The molecule has 4 nitrogen and oxygen atoms in total. The summed E-state index contributed by atoms with van der Waals surface area (Å²) >= 11 is 3.44. The summed E-state index contributed by atoms with van der Waals surface area (Å²) in [5.41, 5.74) is 0.940. The largest absolute Gasteiger partial charge is 0.466 e. The quantitative estimate of drug-likeness (QED) is 0.928. The predicted molar refractivity (Wildman–Crippen MR) is 60.5 cm³/mol. The van der Waals surface area contributed by atoms with Gasteiger partial charge in [0.25, 0.3) is 0 Å². The maximum absolute atomic E-state index is 5.42. The molecule has 0 aliphatic carbocycles. The van der Waals surface area contributed by atoms with Crippen LogP contribution in [0.1, 0.15) is 17.5 Å². The van der Waals surface area contributed by atoms with Gasteiger partial charge in [0, 0.05) is 13.2 Å². The fourth-order valence-corrected chi connectivity index (χ4v) is 1.94. The van der Waals surface area contributed by atoms with Gasteiger partial charge in [-0.2, -0.15) is 5.10 Å². The smallest absolute Gasteiger partial charge is 0.141 e. The first kappa shape index (κ1) is 10.4. The molecule has 0 bridgehead atoms. The molecule has 0 aliphatic rings. The van der Waals surface area contributed by atoms with Gasteiger partial charge in [-0.3, -0.25) is 4.68 Å². The average Bonchev–Trinajstić information content (AvgIpc) is 2.79. The normalized spacial score (nSPS) is 13.0. The van der Waals surface area contributed by atoms with E-state index in [4.69, 9.17) is 4.42 Å². The predicted octanol–water partition coefficient (Wildman–Crippen LogP) is 2.08. The van der Waals surface area contributed by atoms with Gasteiger partial charge in [0.05, 0.1) is 16.4 Å². The Bertz CT molecular complexity index is 449. The van der Waals surface area contributed by atoms with Crippen LogP contribution >= 0.6 is 15.9 Å². The van der Waals surface area contributed by atoms with Crippen LogP contribution in [0.3, 0.4) is 0 Å². The summed E-state index contributed by atoms with van der Waals surface area (Å²) in [6, 6.07) is 3.83. The summed E-state index contributed by atoms with van der Waals surface area (Å²) in [4.78, 5) is 0. The number of nitrogens with zero attached hydrogens (tertiary/aromatic N) is 2. The van der Waals surface area contributed by atoms with E-state index >= 15 is 0 Å². The second kappa shape index (κ2) is 4.20. The van der Waals surface area contributed by atoms with Crippen molar-refractivity contribution in [1.82, 2.24) is 15.1 Å². The maximum atomic E-state index is 5.42. The molecule has 1 unspecified atom stereocenters. The van der Waals surface area contributed by atoms with Gasteiger partial charge >= 0.3 is 0 Å². The highest BCUT2D eigenvalue weighted by Gasteiger charge is 2.20. The van der Waals surface area contributed by atoms with Crippen LogP contribution in [0, 0.1) is 0 Å². The van der Waals surface area contributed by atoms with E-state index in [1.807, 2.05) is 32.4 Å². The lowest BCUT2D eigenvalue weighted by molar-refractivity contribution is 0.454. The van der Waals surface area contributed by atoms with E-state index in [1.165, 1.54) is 0 Å². The standard InChI is InChI=1S/C10H12BrN3O/c1-12-9(8-3-5-14(2)13-8)10-7(11)4-6-15-10/h3-6,9,12H,1-2H3. The molecule has 0 radical (unpaired) electrons. The minimum atomic E-state index is -0.0180. The molecule has 0 saturated carbocycles. The average molecular weight is 270 g/mol. The molecule has 5 heteroatoms. The molecule has 15 heavy (non-hydrogen) atoms. The van der Waals surface area contributed by atoms with Crippen molar-refractivity contribution in [3.05, 3.63) is 40.5 Å². The number of aryl methyl sites for hydroxylation is 1. The third-order valence-electron chi connectivity index (χ3n) is 2.23. The molecule has 2 aromatic rings. The van der Waals surface area contributed by atoms with Crippen LogP contribution in [0.5, 0.6) is 0 Å². The molecule has 0 aromatic carbocycles. The first-order valence-corrected chi connectivity index (χ1v) is 5.41. The van der Waals surface area contributed by atoms with Crippen molar-refractivity contribution in [1.29, 1.82) is 0 Å². The van der Waals surface area contributed by atoms with Crippen molar-refractivity contribution in [2.45, 2.75) is 6.04 Å². The topological polar surface area (TPSA) is 43.0 Å². The Labute approximate surface area is 96.4 Å². The number of aromatic nitrogens is 2. The van der Waals surface area contributed by atoms with E-state index in [2.05, 4.69) is 26.3 Å². The minimum absolute atomic E-state index is 0.0180. The Morgan fingerprint density at radius 1 is 1.53 bits per heavy atom. The van der Waals surface area contributed by atoms with Gasteiger partial charge in [0.1, 0.15) is 11.8 Å². The second-order valence-corrected chi connectivity index (χ2v) is 4.12. The van der Waals surface area contributed by atoms with Crippen molar-refractivity contribution < 1.29 is 4.42 Å². The molecule has 0 spiro atoms. The van der Waals surface area contributed by atoms with Gasteiger partial charge in [-0.05, 0) is 35.1 Å². The molecule has 2 heterocycles. The molecule has 2 rings (SSSR count). The summed E-state index contributed by atoms with van der Waals surface area (Å²) in [5, 5.41) is 7.53. The zero-order chi connectivity index (χ0) is 10.8. The Hall–Kier alpha value is -1.07. The molecule has 0 saturated heterocycles. The van der Waals surface area contributed by atoms with E-state index in [9.17, 15) is 0 Å². The van der Waals surface area contributed by atoms with Crippen molar-refractivity contribution >= 4 is 15.9 Å². The van der Waals surface area contributed by atoms with Crippen molar-refractivity contribution in [2.75, 3.05) is 7.05 Å². The molecule has 1 N–H and O–H groups in total. The molecule has 0 amide bonds. The Balaban J connectivity index is 2.36. The summed E-state index contributed by atoms with van der Waals surface area (Å²) in [5.74, 6) is 0.844. The van der Waals surface area contributed by atoms with Crippen LogP contribution in [-0.4, -0.2) is 16.8 Å². The molecular formula is C10H12BrN3O. The second-order valence-electron chi connectivity index (χ2n) is 3.27. The van der Waals surface area contributed by atoms with Crippen LogP contribution in [0.25, 0.3) is 0 Å². The van der Waals surface area contributed by atoms with Gasteiger partial charge in [-0.25, -0.2) is 0 Å². The summed E-state index contributed by atoms with van der Waals surface area (Å²) < 4.78 is 8.15. The van der Waals surface area contributed by atoms with Gasteiger partial charge in [0.15, 0.2) is 0 Å². The number of hydrogen-bond acceptors (Lipinski definition) is 3. The maximum Gasteiger partial charge on any atom is 0.141 e. The van der Waals surface area contributed by atoms with Crippen LogP contribution in [0.2, 0.25) is 0 Å². The van der Waals surface area contributed by atoms with Gasteiger partial charge in [-0.1, -0.05) is 0 Å². The fraction of sp³-hybridized carbons (Fsp3) is 0.300. The van der Waals surface area contributed by atoms with Crippen LogP contribution in [0.4, 0.5) is 0 Å². The molecule has 1 atom stereocenters. The number of rotatable bonds is 3. The number of halogens is 1. The van der Waals surface area contributed by atoms with Crippen molar-refractivity contribution in [3.63, 3.8) is 0 Å². The van der Waals surface area contributed by atoms with Crippen LogP contribution < -0.4 is 5.32 Å². The Kier molecular flexibility index (Phi) is 2.93. The lowest BCUT2D eigenvalue weighted by Crippen LogP contribution is -2.18. The molecule has 0 fully saturated rings. The highest BCUT2D eigenvalue weighted by Crippen LogP contribution is 2.28. The highest BCUT2D eigenvalue weighted by molar-refractivity contribution is 9.10. The summed E-state index contributed by atoms with van der Waals surface area (Å²) in [7, 11) is 3.78. The Morgan fingerprint density at radius 3 is 2.80 bits per heavy atom. The van der Waals surface area contributed by atoms with Crippen LogP contribution in [0.15, 0.2) is 33.5 Å². The van der Waals surface area contributed by atoms with E-state index < -0.39 is 0 Å². The third-order valence-corrected chi connectivity index (χ3v) is 2.88. The van der Waals surface area contributed by atoms with Crippen molar-refractivity contribution in [3.8, 4) is 0 Å². The first-order chi connectivity index (χ1) is 7.22. The Morgan fingerprint density at radius 2 is 2.33 bits per heavy atom. The monoisotopic (exact) mass is 269 g/mol. The molecule has 80 valence electrons. The zero-order valence-corrected chi connectivity index (χ0v) is 10.2. The lowest BCUT2D eigenvalue weighted by atomic mass is 10.1. The minimum Gasteiger partial charge on any atom is -0.466 e. The van der Waals surface area contributed by atoms with Gasteiger partial charge in [-0.15, -0.1) is 0 Å². The summed E-state index contributed by atoms with van der Waals surface area (Å²) in [6.07, 6.45) is 3.57. The molecular weight excluding hydrogens is 258 g/mol. The zero-order valence-electron chi connectivity index (χ0n) is 8.57. The van der Waals surface area contributed by atoms with E-state index in [0.717, 1.165) is 15.9 Å². The SMILES string of the molecule is CNC(c1ccn(C)n1)c1occc1Br. The number of hydrogen-bond donors (Lipinski definition) is 1. The van der Waals surface area contributed by atoms with E-state index in [-0.39, 0.29) is 6.04 Å². The first-order valence-electron chi connectivity index (χ1n) is 4.62. The fourth-order valence-electron chi connectivity index (χ4n) is 1.51. The van der Waals surface area contributed by atoms with E-state index in [1.54, 1.807) is 10.9 Å². The summed E-state index contributed by atoms with van der Waals surface area (Å²) in [6.45, 7) is 0. The highest BCUT2D eigenvalue weighted by atomic mass is 79.9. The van der Waals surface area contributed by atoms with Crippen molar-refractivity contribution in [2.24, 2.45) is 7.05 Å². The van der Waals surface area contributed by atoms with E-state index in [0.29, 0.717) is 0 Å². The van der Waals surface area contributed by atoms with Gasteiger partial charge in [0.2, 0.25) is 0 Å². The molecule has 0 aliphatic heterocycles.